The van der Waals surface area contributed by atoms with Crippen molar-refractivity contribution in [2.75, 3.05) is 53.0 Å². The first kappa shape index (κ1) is 20.9. The Bertz CT molecular complexity index is 946. The zero-order chi connectivity index (χ0) is 20.9. The Morgan fingerprint density at radius 1 is 0.933 bits per heavy atom. The van der Waals surface area contributed by atoms with E-state index in [-0.39, 0.29) is 6.61 Å². The van der Waals surface area contributed by atoms with Crippen LogP contribution in [0.1, 0.15) is 0 Å². The summed E-state index contributed by atoms with van der Waals surface area (Å²) in [7, 11) is 1.67. The summed E-state index contributed by atoms with van der Waals surface area (Å²) >= 11 is 0. The maximum atomic E-state index is 10.9. The van der Waals surface area contributed by atoms with Crippen molar-refractivity contribution in [2.24, 2.45) is 0 Å². The number of aliphatic hydroxyl groups is 2. The topological polar surface area (TPSA) is 61.1 Å². The van der Waals surface area contributed by atoms with E-state index in [1.165, 1.54) is 5.39 Å². The number of benzene rings is 2. The molecule has 0 aliphatic carbocycles. The molecule has 0 amide bonds. The molecule has 1 aliphatic rings. The molecule has 6 nitrogen and oxygen atoms in total. The molecule has 0 unspecified atom stereocenters. The van der Waals surface area contributed by atoms with Gasteiger partial charge in [0.1, 0.15) is 5.75 Å². The highest BCUT2D eigenvalue weighted by Crippen LogP contribution is 2.30. The van der Waals surface area contributed by atoms with E-state index in [4.69, 9.17) is 9.84 Å². The number of ether oxygens (including phenoxy) is 1. The third kappa shape index (κ3) is 4.68. The van der Waals surface area contributed by atoms with Gasteiger partial charge in [-0.2, -0.15) is 0 Å². The van der Waals surface area contributed by atoms with E-state index >= 15 is 0 Å². The van der Waals surface area contributed by atoms with Crippen LogP contribution in [0.4, 0.5) is 0 Å². The second kappa shape index (κ2) is 9.62. The Morgan fingerprint density at radius 2 is 1.63 bits per heavy atom. The summed E-state index contributed by atoms with van der Waals surface area (Å²) in [6.45, 7) is 5.87. The van der Waals surface area contributed by atoms with Crippen LogP contribution in [0.25, 0.3) is 22.2 Å². The van der Waals surface area contributed by atoms with E-state index in [1.807, 2.05) is 24.3 Å². The van der Waals surface area contributed by atoms with Crippen LogP contribution >= 0.6 is 0 Å². The smallest absolute Gasteiger partial charge is 0.118 e. The average molecular weight is 410 g/mol. The van der Waals surface area contributed by atoms with Crippen LogP contribution < -0.4 is 4.74 Å². The van der Waals surface area contributed by atoms with Gasteiger partial charge in [0, 0.05) is 55.9 Å². The first-order valence-electron chi connectivity index (χ1n) is 10.6. The van der Waals surface area contributed by atoms with Crippen LogP contribution in [0.5, 0.6) is 5.75 Å². The van der Waals surface area contributed by atoms with E-state index in [1.54, 1.807) is 7.11 Å². The Morgan fingerprint density at radius 3 is 2.33 bits per heavy atom. The van der Waals surface area contributed by atoms with Gasteiger partial charge in [-0.15, -0.1) is 0 Å². The van der Waals surface area contributed by atoms with Crippen LogP contribution in [0.2, 0.25) is 0 Å². The quantitative estimate of drug-likeness (QED) is 0.598. The van der Waals surface area contributed by atoms with E-state index in [0.717, 1.165) is 55.2 Å². The number of hydrogen-bond acceptors (Lipinski definition) is 5. The van der Waals surface area contributed by atoms with Crippen LogP contribution in [0.15, 0.2) is 54.6 Å². The molecule has 0 bridgehead atoms. The molecule has 0 radical (unpaired) electrons. The lowest BCUT2D eigenvalue weighted by Gasteiger charge is -2.35. The highest BCUT2D eigenvalue weighted by atomic mass is 16.5. The first-order chi connectivity index (χ1) is 14.7. The number of rotatable bonds is 8. The van der Waals surface area contributed by atoms with E-state index in [2.05, 4.69) is 44.7 Å². The number of aliphatic hydroxyl groups excluding tert-OH is 2. The summed E-state index contributed by atoms with van der Waals surface area (Å²) in [4.78, 5) is 4.58. The first-order valence-corrected chi connectivity index (χ1v) is 10.6. The van der Waals surface area contributed by atoms with Gasteiger partial charge in [0.15, 0.2) is 0 Å². The fraction of sp³-hybridized carbons (Fsp3) is 0.417. The molecule has 1 aromatic heterocycles. The lowest BCUT2D eigenvalue weighted by atomic mass is 10.1. The van der Waals surface area contributed by atoms with Crippen molar-refractivity contribution in [1.29, 1.82) is 0 Å². The Balaban J connectivity index is 1.51. The molecule has 3 aromatic rings. The van der Waals surface area contributed by atoms with Crippen molar-refractivity contribution < 1.29 is 14.9 Å². The van der Waals surface area contributed by atoms with Crippen LogP contribution in [0.3, 0.4) is 0 Å². The number of para-hydroxylation sites is 1. The van der Waals surface area contributed by atoms with E-state index in [0.29, 0.717) is 13.1 Å². The maximum absolute atomic E-state index is 10.9. The van der Waals surface area contributed by atoms with Gasteiger partial charge in [0.2, 0.25) is 0 Å². The van der Waals surface area contributed by atoms with Gasteiger partial charge in [-0.1, -0.05) is 18.2 Å². The second-order valence-electron chi connectivity index (χ2n) is 7.95. The fourth-order valence-corrected chi connectivity index (χ4v) is 4.31. The minimum Gasteiger partial charge on any atom is -0.497 e. The normalized spacial score (nSPS) is 16.8. The third-order valence-corrected chi connectivity index (χ3v) is 5.94. The molecule has 4 rings (SSSR count). The zero-order valence-corrected chi connectivity index (χ0v) is 17.6. The van der Waals surface area contributed by atoms with Gasteiger partial charge < -0.3 is 19.5 Å². The highest BCUT2D eigenvalue weighted by Gasteiger charge is 2.20. The Labute approximate surface area is 177 Å². The fourth-order valence-electron chi connectivity index (χ4n) is 4.31. The van der Waals surface area contributed by atoms with E-state index in [9.17, 15) is 5.11 Å². The van der Waals surface area contributed by atoms with Crippen molar-refractivity contribution in [3.05, 3.63) is 54.6 Å². The standard InChI is InChI=1S/C24H31N3O3/c1-30-22-8-6-19(7-9-22)24-16-20-4-2-3-5-23(20)27(24)18-21(29)17-26-12-10-25(11-13-26)14-15-28/h2-9,16,21,28-29H,10-15,17-18H2,1H3/t21-/m1/s1. The minimum absolute atomic E-state index is 0.206. The van der Waals surface area contributed by atoms with Gasteiger partial charge >= 0.3 is 0 Å². The Hall–Kier alpha value is -2.38. The van der Waals surface area contributed by atoms with Crippen molar-refractivity contribution in [3.8, 4) is 17.0 Å². The molecule has 2 aromatic carbocycles. The molecule has 2 N–H and O–H groups in total. The molecule has 1 saturated heterocycles. The summed E-state index contributed by atoms with van der Waals surface area (Å²) < 4.78 is 7.52. The monoisotopic (exact) mass is 409 g/mol. The lowest BCUT2D eigenvalue weighted by molar-refractivity contribution is 0.0598. The van der Waals surface area contributed by atoms with Crippen molar-refractivity contribution >= 4 is 10.9 Å². The molecular weight excluding hydrogens is 378 g/mol. The number of fused-ring (bicyclic) bond motifs is 1. The number of hydrogen-bond donors (Lipinski definition) is 2. The molecule has 1 fully saturated rings. The van der Waals surface area contributed by atoms with Crippen LogP contribution in [0, 0.1) is 0 Å². The predicted molar refractivity (Wildman–Crippen MR) is 120 cm³/mol. The number of aromatic nitrogens is 1. The van der Waals surface area contributed by atoms with Gasteiger partial charge in [-0.05, 0) is 42.0 Å². The van der Waals surface area contributed by atoms with E-state index < -0.39 is 6.10 Å². The average Bonchev–Trinajstić information content (AvgIpc) is 3.14. The molecule has 1 atom stereocenters. The second-order valence-corrected chi connectivity index (χ2v) is 7.95. The molecule has 6 heteroatoms. The van der Waals surface area contributed by atoms with Crippen molar-refractivity contribution in [1.82, 2.24) is 14.4 Å². The highest BCUT2D eigenvalue weighted by molar-refractivity contribution is 5.87. The summed E-state index contributed by atoms with van der Waals surface area (Å²) in [6.07, 6.45) is -0.456. The van der Waals surface area contributed by atoms with Gasteiger partial charge in [-0.25, -0.2) is 0 Å². The minimum atomic E-state index is -0.456. The summed E-state index contributed by atoms with van der Waals surface area (Å²) in [5, 5.41) is 21.2. The molecule has 1 aliphatic heterocycles. The predicted octanol–water partition coefficient (Wildman–Crippen LogP) is 2.29. The Kier molecular flexibility index (Phi) is 6.69. The number of β-amino-alcohol motifs (C(OH)–C–C–N with tert-alkyl or cyclic N) is 2. The molecule has 0 spiro atoms. The van der Waals surface area contributed by atoms with Crippen molar-refractivity contribution in [2.45, 2.75) is 12.6 Å². The van der Waals surface area contributed by atoms with Gasteiger partial charge in [-0.3, -0.25) is 9.80 Å². The van der Waals surface area contributed by atoms with Gasteiger partial charge in [0.05, 0.1) is 26.4 Å². The SMILES string of the molecule is COc1ccc(-c2cc3ccccc3n2C[C@H](O)CN2CCN(CCO)CC2)cc1. The van der Waals surface area contributed by atoms with Crippen LogP contribution in [-0.2, 0) is 6.54 Å². The lowest BCUT2D eigenvalue weighted by Crippen LogP contribution is -2.49. The molecule has 0 saturated carbocycles. The molecule has 30 heavy (non-hydrogen) atoms. The van der Waals surface area contributed by atoms with Crippen molar-refractivity contribution in [3.63, 3.8) is 0 Å². The summed E-state index contributed by atoms with van der Waals surface area (Å²) in [5.41, 5.74) is 3.35. The number of piperazine rings is 1. The van der Waals surface area contributed by atoms with Crippen LogP contribution in [-0.4, -0.2) is 83.7 Å². The number of nitrogens with zero attached hydrogens (tertiary/aromatic N) is 3. The maximum Gasteiger partial charge on any atom is 0.118 e. The largest absolute Gasteiger partial charge is 0.497 e. The molecule has 2 heterocycles. The zero-order valence-electron chi connectivity index (χ0n) is 17.6. The third-order valence-electron chi connectivity index (χ3n) is 5.94. The summed E-state index contributed by atoms with van der Waals surface area (Å²) in [6, 6.07) is 18.6. The molecule has 160 valence electrons. The number of methoxy groups -OCH3 is 1. The molecular formula is C24H31N3O3. The summed E-state index contributed by atoms with van der Waals surface area (Å²) in [5.74, 6) is 0.835. The van der Waals surface area contributed by atoms with Gasteiger partial charge in [0.25, 0.3) is 0 Å².